The highest BCUT2D eigenvalue weighted by molar-refractivity contribution is 7.89. The van der Waals surface area contributed by atoms with Gasteiger partial charge in [0.2, 0.25) is 10.0 Å². The van der Waals surface area contributed by atoms with Gasteiger partial charge in [-0.15, -0.1) is 11.3 Å². The highest BCUT2D eigenvalue weighted by Crippen LogP contribution is 2.24. The third-order valence-electron chi connectivity index (χ3n) is 3.21. The molecule has 1 aliphatic rings. The minimum atomic E-state index is -3.35. The van der Waals surface area contributed by atoms with Crippen molar-refractivity contribution >= 4 is 21.4 Å². The van der Waals surface area contributed by atoms with E-state index >= 15 is 0 Å². The fraction of sp³-hybridized carbons (Fsp3) is 0.667. The third kappa shape index (κ3) is 4.00. The number of hydrogen-bond acceptors (Lipinski definition) is 5. The summed E-state index contributed by atoms with van der Waals surface area (Å²) in [5.41, 5.74) is 0. The van der Waals surface area contributed by atoms with Crippen LogP contribution in [0, 0.1) is 13.8 Å². The number of nitrogens with one attached hydrogen (secondary N) is 2. The lowest BCUT2D eigenvalue weighted by Crippen LogP contribution is -2.46. The van der Waals surface area contributed by atoms with E-state index in [2.05, 4.69) is 14.9 Å². The van der Waals surface area contributed by atoms with Gasteiger partial charge in [-0.25, -0.2) is 13.1 Å². The summed E-state index contributed by atoms with van der Waals surface area (Å²) in [5, 5.41) is 3.28. The van der Waals surface area contributed by atoms with Gasteiger partial charge < -0.3 is 5.32 Å². The van der Waals surface area contributed by atoms with E-state index < -0.39 is 10.0 Å². The van der Waals surface area contributed by atoms with Crippen molar-refractivity contribution in [2.75, 3.05) is 39.3 Å². The van der Waals surface area contributed by atoms with Crippen LogP contribution in [0.15, 0.2) is 11.0 Å². The molecule has 19 heavy (non-hydrogen) atoms. The van der Waals surface area contributed by atoms with Gasteiger partial charge in [0, 0.05) is 49.0 Å². The molecule has 5 nitrogen and oxygen atoms in total. The van der Waals surface area contributed by atoms with Crippen LogP contribution in [0.2, 0.25) is 0 Å². The molecule has 0 bridgehead atoms. The Morgan fingerprint density at radius 3 is 2.63 bits per heavy atom. The Morgan fingerprint density at radius 2 is 2.05 bits per heavy atom. The summed E-state index contributed by atoms with van der Waals surface area (Å²) in [6.07, 6.45) is 0. The number of thiophene rings is 1. The van der Waals surface area contributed by atoms with Crippen molar-refractivity contribution < 1.29 is 8.42 Å². The lowest BCUT2D eigenvalue weighted by atomic mass is 10.3. The first-order valence-corrected chi connectivity index (χ1v) is 8.79. The SMILES string of the molecule is Cc1cc(S(=O)(=O)NCCN2CCNCC2)c(C)s1. The van der Waals surface area contributed by atoms with E-state index in [0.717, 1.165) is 42.5 Å². The number of piperazine rings is 1. The largest absolute Gasteiger partial charge is 0.314 e. The van der Waals surface area contributed by atoms with Crippen LogP contribution in [0.25, 0.3) is 0 Å². The van der Waals surface area contributed by atoms with Crippen molar-refractivity contribution in [1.29, 1.82) is 0 Å². The molecule has 0 radical (unpaired) electrons. The van der Waals surface area contributed by atoms with E-state index in [1.54, 1.807) is 6.07 Å². The zero-order chi connectivity index (χ0) is 13.9. The normalized spacial score (nSPS) is 17.8. The molecule has 0 atom stereocenters. The van der Waals surface area contributed by atoms with E-state index in [1.807, 2.05) is 13.8 Å². The number of rotatable bonds is 5. The molecular weight excluding hydrogens is 282 g/mol. The Bertz CT molecular complexity index is 519. The van der Waals surface area contributed by atoms with Gasteiger partial charge in [0.1, 0.15) is 0 Å². The van der Waals surface area contributed by atoms with Gasteiger partial charge in [0.25, 0.3) is 0 Å². The monoisotopic (exact) mass is 303 g/mol. The molecule has 1 fully saturated rings. The van der Waals surface area contributed by atoms with Crippen LogP contribution < -0.4 is 10.0 Å². The molecule has 0 saturated carbocycles. The lowest BCUT2D eigenvalue weighted by molar-refractivity contribution is 0.245. The van der Waals surface area contributed by atoms with Crippen LogP contribution in [-0.4, -0.2) is 52.6 Å². The second kappa shape index (κ2) is 6.32. The molecule has 2 rings (SSSR count). The van der Waals surface area contributed by atoms with E-state index in [9.17, 15) is 8.42 Å². The average molecular weight is 303 g/mol. The fourth-order valence-corrected chi connectivity index (χ4v) is 4.80. The first kappa shape index (κ1) is 14.9. The molecule has 7 heteroatoms. The van der Waals surface area contributed by atoms with Crippen LogP contribution in [-0.2, 0) is 10.0 Å². The van der Waals surface area contributed by atoms with Crippen LogP contribution in [0.5, 0.6) is 0 Å². The van der Waals surface area contributed by atoms with Crippen molar-refractivity contribution in [3.8, 4) is 0 Å². The lowest BCUT2D eigenvalue weighted by Gasteiger charge is -2.27. The Balaban J connectivity index is 1.89. The second-order valence-electron chi connectivity index (χ2n) is 4.77. The van der Waals surface area contributed by atoms with Crippen LogP contribution >= 0.6 is 11.3 Å². The molecular formula is C12H21N3O2S2. The minimum absolute atomic E-state index is 0.426. The minimum Gasteiger partial charge on any atom is -0.314 e. The Hall–Kier alpha value is -0.470. The smallest absolute Gasteiger partial charge is 0.241 e. The Morgan fingerprint density at radius 1 is 1.37 bits per heavy atom. The molecule has 0 amide bonds. The van der Waals surface area contributed by atoms with Crippen LogP contribution in [0.4, 0.5) is 0 Å². The maximum Gasteiger partial charge on any atom is 0.241 e. The molecule has 0 unspecified atom stereocenters. The Kier molecular flexibility index (Phi) is 4.97. The molecule has 0 aromatic carbocycles. The molecule has 0 spiro atoms. The molecule has 1 aliphatic heterocycles. The number of hydrogen-bond donors (Lipinski definition) is 2. The van der Waals surface area contributed by atoms with Crippen molar-refractivity contribution in [1.82, 2.24) is 14.9 Å². The summed E-state index contributed by atoms with van der Waals surface area (Å²) < 4.78 is 27.0. The zero-order valence-corrected chi connectivity index (χ0v) is 13.0. The molecule has 1 aromatic heterocycles. The highest BCUT2D eigenvalue weighted by Gasteiger charge is 2.19. The first-order chi connectivity index (χ1) is 8.99. The predicted octanol–water partition coefficient (Wildman–Crippen LogP) is 0.548. The molecule has 108 valence electrons. The third-order valence-corrected chi connectivity index (χ3v) is 5.90. The average Bonchev–Trinajstić information content (AvgIpc) is 2.70. The van der Waals surface area contributed by atoms with Crippen molar-refractivity contribution in [2.24, 2.45) is 0 Å². The van der Waals surface area contributed by atoms with E-state index in [0.29, 0.717) is 11.4 Å². The summed E-state index contributed by atoms with van der Waals surface area (Å²) in [5.74, 6) is 0. The number of sulfonamides is 1. The van der Waals surface area contributed by atoms with Gasteiger partial charge >= 0.3 is 0 Å². The molecule has 0 aliphatic carbocycles. The topological polar surface area (TPSA) is 61.4 Å². The molecule has 1 aromatic rings. The van der Waals surface area contributed by atoms with Gasteiger partial charge in [0.05, 0.1) is 4.90 Å². The van der Waals surface area contributed by atoms with Gasteiger partial charge in [-0.1, -0.05) is 0 Å². The predicted molar refractivity (Wildman–Crippen MR) is 78.3 cm³/mol. The first-order valence-electron chi connectivity index (χ1n) is 6.49. The summed E-state index contributed by atoms with van der Waals surface area (Å²) >= 11 is 1.52. The van der Waals surface area contributed by atoms with Gasteiger partial charge in [-0.2, -0.15) is 0 Å². The number of aryl methyl sites for hydroxylation is 2. The summed E-state index contributed by atoms with van der Waals surface area (Å²) in [7, 11) is -3.35. The highest BCUT2D eigenvalue weighted by atomic mass is 32.2. The zero-order valence-electron chi connectivity index (χ0n) is 11.4. The van der Waals surface area contributed by atoms with Gasteiger partial charge in [-0.05, 0) is 19.9 Å². The van der Waals surface area contributed by atoms with Crippen molar-refractivity contribution in [3.05, 3.63) is 15.8 Å². The van der Waals surface area contributed by atoms with Crippen molar-refractivity contribution in [3.63, 3.8) is 0 Å². The van der Waals surface area contributed by atoms with E-state index in [4.69, 9.17) is 0 Å². The summed E-state index contributed by atoms with van der Waals surface area (Å²) in [6.45, 7) is 8.95. The van der Waals surface area contributed by atoms with E-state index in [1.165, 1.54) is 11.3 Å². The van der Waals surface area contributed by atoms with Gasteiger partial charge in [0.15, 0.2) is 0 Å². The van der Waals surface area contributed by atoms with Gasteiger partial charge in [-0.3, -0.25) is 4.90 Å². The van der Waals surface area contributed by atoms with Crippen LogP contribution in [0.3, 0.4) is 0 Å². The van der Waals surface area contributed by atoms with E-state index in [-0.39, 0.29) is 0 Å². The summed E-state index contributed by atoms with van der Waals surface area (Å²) in [4.78, 5) is 4.58. The second-order valence-corrected chi connectivity index (χ2v) is 7.96. The standard InChI is InChI=1S/C12H21N3O2S2/c1-10-9-12(11(2)18-10)19(16,17)14-5-8-15-6-3-13-4-7-15/h9,13-14H,3-8H2,1-2H3. The Labute approximate surface area is 119 Å². The molecule has 2 N–H and O–H groups in total. The number of nitrogens with zero attached hydrogens (tertiary/aromatic N) is 1. The maximum atomic E-state index is 12.2. The summed E-state index contributed by atoms with van der Waals surface area (Å²) in [6, 6.07) is 1.74. The van der Waals surface area contributed by atoms with Crippen LogP contribution in [0.1, 0.15) is 9.75 Å². The molecule has 2 heterocycles. The quantitative estimate of drug-likeness (QED) is 0.834. The fourth-order valence-electron chi connectivity index (χ4n) is 2.22. The van der Waals surface area contributed by atoms with Crippen molar-refractivity contribution in [2.45, 2.75) is 18.7 Å². The maximum absolute atomic E-state index is 12.2. The molecule has 1 saturated heterocycles.